The maximum Gasteiger partial charge on any atom is 0.0336 e. The second kappa shape index (κ2) is 8.61. The maximum atomic E-state index is 4.31. The van der Waals surface area contributed by atoms with Gasteiger partial charge in [0.05, 0.1) is 0 Å². The van der Waals surface area contributed by atoms with E-state index in [0.717, 1.165) is 18.3 Å². The van der Waals surface area contributed by atoms with Crippen molar-refractivity contribution in [2.24, 2.45) is 17.8 Å². The first kappa shape index (κ1) is 17.5. The maximum absolute atomic E-state index is 4.31. The monoisotopic (exact) mass is 253 g/mol. The summed E-state index contributed by atoms with van der Waals surface area (Å²) in [6, 6.07) is 0.649. The predicted molar refractivity (Wildman–Crippen MR) is 83.7 cm³/mol. The second-order valence-electron chi connectivity index (χ2n) is 6.23. The molecule has 2 unspecified atom stereocenters. The van der Waals surface area contributed by atoms with Crippen LogP contribution in [0.25, 0.3) is 0 Å². The number of hydrogen-bond donors (Lipinski definition) is 0. The van der Waals surface area contributed by atoms with Gasteiger partial charge < -0.3 is 4.90 Å². The van der Waals surface area contributed by atoms with Gasteiger partial charge in [0.25, 0.3) is 0 Å². The molecule has 1 nitrogen and oxygen atoms in total. The number of allylic oxidation sites excluding steroid dienone is 1. The minimum Gasteiger partial charge on any atom is -0.375 e. The molecule has 0 amide bonds. The summed E-state index contributed by atoms with van der Waals surface area (Å²) in [7, 11) is 2.25. The second-order valence-corrected chi connectivity index (χ2v) is 6.23. The van der Waals surface area contributed by atoms with Gasteiger partial charge in [0, 0.05) is 18.8 Å². The molecule has 0 saturated heterocycles. The fraction of sp³-hybridized carbons (Fsp3) is 0.882. The lowest BCUT2D eigenvalue weighted by Crippen LogP contribution is -2.41. The third kappa shape index (κ3) is 5.04. The fourth-order valence-electron chi connectivity index (χ4n) is 3.00. The number of hydrogen-bond acceptors (Lipinski definition) is 1. The lowest BCUT2D eigenvalue weighted by atomic mass is 9.83. The van der Waals surface area contributed by atoms with E-state index in [4.69, 9.17) is 0 Å². The van der Waals surface area contributed by atoms with Crippen molar-refractivity contribution >= 4 is 0 Å². The van der Waals surface area contributed by atoms with Crippen LogP contribution in [0, 0.1) is 17.8 Å². The molecule has 0 aliphatic heterocycles. The smallest absolute Gasteiger partial charge is 0.0336 e. The summed E-state index contributed by atoms with van der Waals surface area (Å²) in [5.41, 5.74) is 1.31. The summed E-state index contributed by atoms with van der Waals surface area (Å²) >= 11 is 0. The molecule has 0 spiro atoms. The van der Waals surface area contributed by atoms with E-state index in [2.05, 4.69) is 60.1 Å². The Morgan fingerprint density at radius 2 is 1.50 bits per heavy atom. The molecule has 2 atom stereocenters. The predicted octanol–water partition coefficient (Wildman–Crippen LogP) is 5.33. The Hall–Kier alpha value is -0.460. The largest absolute Gasteiger partial charge is 0.375 e. The summed E-state index contributed by atoms with van der Waals surface area (Å²) in [5.74, 6) is 2.22. The van der Waals surface area contributed by atoms with E-state index < -0.39 is 0 Å². The van der Waals surface area contributed by atoms with Crippen LogP contribution >= 0.6 is 0 Å². The average molecular weight is 253 g/mol. The molecule has 0 saturated carbocycles. The normalized spacial score (nSPS) is 14.9. The quantitative estimate of drug-likeness (QED) is 0.537. The van der Waals surface area contributed by atoms with Crippen molar-refractivity contribution in [3.8, 4) is 0 Å². The summed E-state index contributed by atoms with van der Waals surface area (Å²) in [5, 5.41) is 0. The molecule has 0 aromatic heterocycles. The van der Waals surface area contributed by atoms with Crippen LogP contribution < -0.4 is 0 Å². The SMILES string of the molecule is C=C(CC(C)C)N(C)C(C(C)CC)C(CC)CC. The van der Waals surface area contributed by atoms with Gasteiger partial charge in [-0.3, -0.25) is 0 Å². The number of nitrogens with zero attached hydrogens (tertiary/aromatic N) is 1. The molecule has 0 rings (SSSR count). The molecular weight excluding hydrogens is 218 g/mol. The first-order chi connectivity index (χ1) is 8.38. The van der Waals surface area contributed by atoms with Crippen molar-refractivity contribution in [1.29, 1.82) is 0 Å². The Morgan fingerprint density at radius 1 is 1.00 bits per heavy atom. The Bertz CT molecular complexity index is 228. The van der Waals surface area contributed by atoms with E-state index in [9.17, 15) is 0 Å². The lowest BCUT2D eigenvalue weighted by Gasteiger charge is -2.40. The molecule has 0 aromatic carbocycles. The highest BCUT2D eigenvalue weighted by Crippen LogP contribution is 2.29. The van der Waals surface area contributed by atoms with Gasteiger partial charge in [-0.15, -0.1) is 0 Å². The van der Waals surface area contributed by atoms with Crippen LogP contribution in [0.3, 0.4) is 0 Å². The van der Waals surface area contributed by atoms with E-state index in [-0.39, 0.29) is 0 Å². The topological polar surface area (TPSA) is 3.24 Å². The van der Waals surface area contributed by atoms with Crippen molar-refractivity contribution in [3.63, 3.8) is 0 Å². The molecule has 0 aliphatic carbocycles. The summed E-state index contributed by atoms with van der Waals surface area (Å²) in [6.07, 6.45) is 4.90. The lowest BCUT2D eigenvalue weighted by molar-refractivity contribution is 0.139. The summed E-state index contributed by atoms with van der Waals surface area (Å²) in [6.45, 7) is 18.2. The standard InChI is InChI=1S/C17H35N/c1-9-14(6)17(16(10-2)11-3)18(8)15(7)12-13(4)5/h13-14,16-17H,7,9-12H2,1-6,8H3. The molecule has 108 valence electrons. The highest BCUT2D eigenvalue weighted by Gasteiger charge is 2.28. The molecule has 0 aliphatic rings. The van der Waals surface area contributed by atoms with Crippen molar-refractivity contribution in [3.05, 3.63) is 12.3 Å². The van der Waals surface area contributed by atoms with Crippen molar-refractivity contribution in [2.45, 2.75) is 73.3 Å². The third-order valence-electron chi connectivity index (χ3n) is 4.35. The van der Waals surface area contributed by atoms with E-state index in [1.807, 2.05) is 0 Å². The van der Waals surface area contributed by atoms with Crippen LogP contribution in [0.4, 0.5) is 0 Å². The van der Waals surface area contributed by atoms with Gasteiger partial charge in [0.15, 0.2) is 0 Å². The molecule has 18 heavy (non-hydrogen) atoms. The van der Waals surface area contributed by atoms with Crippen molar-refractivity contribution in [1.82, 2.24) is 4.90 Å². The van der Waals surface area contributed by atoms with E-state index in [0.29, 0.717) is 12.0 Å². The zero-order chi connectivity index (χ0) is 14.3. The van der Waals surface area contributed by atoms with E-state index in [1.54, 1.807) is 0 Å². The first-order valence-corrected chi connectivity index (χ1v) is 7.79. The van der Waals surface area contributed by atoms with Crippen LogP contribution in [-0.2, 0) is 0 Å². The summed E-state index contributed by atoms with van der Waals surface area (Å²) < 4.78 is 0. The van der Waals surface area contributed by atoms with Crippen LogP contribution in [0.1, 0.15) is 67.2 Å². The molecule has 0 N–H and O–H groups in total. The zero-order valence-electron chi connectivity index (χ0n) is 13.8. The minimum atomic E-state index is 0.649. The van der Waals surface area contributed by atoms with Gasteiger partial charge in [-0.2, -0.15) is 0 Å². The molecule has 1 heteroatoms. The molecule has 0 bridgehead atoms. The highest BCUT2D eigenvalue weighted by atomic mass is 15.1. The van der Waals surface area contributed by atoms with E-state index >= 15 is 0 Å². The molecule has 0 fully saturated rings. The van der Waals surface area contributed by atoms with E-state index in [1.165, 1.54) is 25.0 Å². The Morgan fingerprint density at radius 3 is 1.83 bits per heavy atom. The molecular formula is C17H35N. The van der Waals surface area contributed by atoms with Gasteiger partial charge >= 0.3 is 0 Å². The number of rotatable bonds is 9. The Kier molecular flexibility index (Phi) is 8.39. The van der Waals surface area contributed by atoms with Gasteiger partial charge in [-0.25, -0.2) is 0 Å². The van der Waals surface area contributed by atoms with Gasteiger partial charge in [-0.05, 0) is 24.2 Å². The van der Waals surface area contributed by atoms with Crippen LogP contribution in [-0.4, -0.2) is 18.0 Å². The highest BCUT2D eigenvalue weighted by molar-refractivity contribution is 4.98. The van der Waals surface area contributed by atoms with Crippen molar-refractivity contribution < 1.29 is 0 Å². The first-order valence-electron chi connectivity index (χ1n) is 7.79. The zero-order valence-corrected chi connectivity index (χ0v) is 13.8. The van der Waals surface area contributed by atoms with Gasteiger partial charge in [0.2, 0.25) is 0 Å². The molecule has 0 radical (unpaired) electrons. The third-order valence-corrected chi connectivity index (χ3v) is 4.35. The van der Waals surface area contributed by atoms with Gasteiger partial charge in [0.1, 0.15) is 0 Å². The fourth-order valence-corrected chi connectivity index (χ4v) is 3.00. The van der Waals surface area contributed by atoms with Gasteiger partial charge in [-0.1, -0.05) is 67.4 Å². The molecule has 0 heterocycles. The summed E-state index contributed by atoms with van der Waals surface area (Å²) in [4.78, 5) is 2.48. The van der Waals surface area contributed by atoms with Crippen LogP contribution in [0.5, 0.6) is 0 Å². The van der Waals surface area contributed by atoms with Crippen LogP contribution in [0.2, 0.25) is 0 Å². The van der Waals surface area contributed by atoms with Crippen LogP contribution in [0.15, 0.2) is 12.3 Å². The average Bonchev–Trinajstić information content (AvgIpc) is 2.33. The van der Waals surface area contributed by atoms with Crippen molar-refractivity contribution in [2.75, 3.05) is 7.05 Å². The Balaban J connectivity index is 4.89. The Labute approximate surface area is 116 Å². The molecule has 0 aromatic rings. The minimum absolute atomic E-state index is 0.649.